The van der Waals surface area contributed by atoms with Gasteiger partial charge in [0.05, 0.1) is 12.0 Å². The molecule has 0 unspecified atom stereocenters. The molecule has 14 heteroatoms. The number of para-hydroxylation sites is 2. The van der Waals surface area contributed by atoms with Gasteiger partial charge in [-0.1, -0.05) is 51.0 Å². The number of methoxy groups -OCH3 is 1. The topological polar surface area (TPSA) is 167 Å². The lowest BCUT2D eigenvalue weighted by atomic mass is 9.87. The second-order valence-electron chi connectivity index (χ2n) is 10.5. The van der Waals surface area contributed by atoms with Crippen molar-refractivity contribution in [3.63, 3.8) is 0 Å². The number of nitrogens with one attached hydrogen (secondary N) is 2. The van der Waals surface area contributed by atoms with Crippen molar-refractivity contribution in [2.75, 3.05) is 18.4 Å². The zero-order valence-corrected chi connectivity index (χ0v) is 26.0. The molecule has 0 amide bonds. The van der Waals surface area contributed by atoms with Gasteiger partial charge < -0.3 is 14.2 Å². The number of pyridine rings is 1. The van der Waals surface area contributed by atoms with Gasteiger partial charge in [0.15, 0.2) is 29.7 Å². The Balaban J connectivity index is 1.67. The van der Waals surface area contributed by atoms with Gasteiger partial charge in [-0.3, -0.25) is 9.71 Å². The molecule has 2 N–H and O–H groups in total. The lowest BCUT2D eigenvalue weighted by Gasteiger charge is -2.20. The Morgan fingerprint density at radius 2 is 1.73 bits per heavy atom. The maximum absolute atomic E-state index is 13.8. The summed E-state index contributed by atoms with van der Waals surface area (Å²) < 4.78 is 47.7. The van der Waals surface area contributed by atoms with Crippen LogP contribution in [0.1, 0.15) is 33.3 Å². The molecule has 3 heterocycles. The van der Waals surface area contributed by atoms with Crippen LogP contribution in [0.4, 0.5) is 5.82 Å². The molecule has 0 radical (unpaired) electrons. The molecule has 45 heavy (non-hydrogen) atoms. The van der Waals surface area contributed by atoms with E-state index in [1.165, 1.54) is 13.3 Å². The van der Waals surface area contributed by atoms with Gasteiger partial charge in [0.2, 0.25) is 11.6 Å². The summed E-state index contributed by atoms with van der Waals surface area (Å²) in [4.78, 5) is 13.5. The number of H-pyrrole nitrogens is 1. The number of rotatable bonds is 10. The second kappa shape index (κ2) is 13.0. The Labute approximate surface area is 260 Å². The number of aromatic amines is 1. The van der Waals surface area contributed by atoms with E-state index in [1.54, 1.807) is 67.6 Å². The summed E-state index contributed by atoms with van der Waals surface area (Å²) in [6.07, 6.45) is 1.52. The van der Waals surface area contributed by atoms with Crippen LogP contribution in [0.25, 0.3) is 22.9 Å². The van der Waals surface area contributed by atoms with Crippen molar-refractivity contribution in [3.8, 4) is 57.9 Å². The van der Waals surface area contributed by atoms with Crippen molar-refractivity contribution >= 4 is 15.8 Å². The van der Waals surface area contributed by atoms with Crippen LogP contribution < -0.4 is 18.9 Å². The predicted molar refractivity (Wildman–Crippen MR) is 166 cm³/mol. The van der Waals surface area contributed by atoms with Crippen LogP contribution in [0, 0.1) is 11.8 Å². The lowest BCUT2D eigenvalue weighted by Crippen LogP contribution is -2.17. The third-order valence-electron chi connectivity index (χ3n) is 6.43. The molecule has 0 saturated heterocycles. The monoisotopic (exact) mass is 626 g/mol. The van der Waals surface area contributed by atoms with Crippen molar-refractivity contribution in [2.24, 2.45) is 0 Å². The zero-order chi connectivity index (χ0) is 32.0. The highest BCUT2D eigenvalue weighted by atomic mass is 32.2. The number of ether oxygens (including phenoxy) is 3. The van der Waals surface area contributed by atoms with Gasteiger partial charge in [0, 0.05) is 11.8 Å². The maximum Gasteiger partial charge on any atom is 0.264 e. The third-order valence-corrected chi connectivity index (χ3v) is 7.78. The van der Waals surface area contributed by atoms with Crippen LogP contribution in [0.5, 0.6) is 23.1 Å². The molecule has 0 aliphatic carbocycles. The molecule has 0 fully saturated rings. The fourth-order valence-electron chi connectivity index (χ4n) is 4.09. The van der Waals surface area contributed by atoms with Gasteiger partial charge in [0.1, 0.15) is 5.69 Å². The molecule has 2 aromatic carbocycles. The average molecular weight is 627 g/mol. The van der Waals surface area contributed by atoms with E-state index in [2.05, 4.69) is 52.1 Å². The van der Waals surface area contributed by atoms with E-state index in [0.29, 0.717) is 17.0 Å². The van der Waals surface area contributed by atoms with Crippen LogP contribution >= 0.6 is 0 Å². The number of benzene rings is 2. The molecule has 5 aromatic rings. The Morgan fingerprint density at radius 1 is 0.978 bits per heavy atom. The van der Waals surface area contributed by atoms with E-state index in [9.17, 15) is 8.42 Å². The van der Waals surface area contributed by atoms with E-state index >= 15 is 0 Å². The third kappa shape index (κ3) is 7.16. The van der Waals surface area contributed by atoms with E-state index < -0.39 is 10.0 Å². The van der Waals surface area contributed by atoms with Gasteiger partial charge in [-0.2, -0.15) is 10.2 Å². The quantitative estimate of drug-likeness (QED) is 0.200. The van der Waals surface area contributed by atoms with Crippen LogP contribution in [0.15, 0.2) is 71.8 Å². The summed E-state index contributed by atoms with van der Waals surface area (Å²) >= 11 is 0. The number of hydrogen-bond donors (Lipinski definition) is 2. The normalized spacial score (nSPS) is 11.3. The van der Waals surface area contributed by atoms with E-state index in [0.717, 1.165) is 5.56 Å². The first-order valence-electron chi connectivity index (χ1n) is 13.7. The second-order valence-corrected chi connectivity index (χ2v) is 12.2. The molecular formula is C31H30N8O5S. The van der Waals surface area contributed by atoms with Gasteiger partial charge in [-0.05, 0) is 59.5 Å². The molecule has 3 aromatic heterocycles. The Morgan fingerprint density at radius 3 is 2.40 bits per heavy atom. The fourth-order valence-corrected chi connectivity index (χ4v) is 5.10. The highest BCUT2D eigenvalue weighted by molar-refractivity contribution is 7.92. The SMILES string of the molecule is CC#CCOc1nc(-c2ccnc(-c3nn[nH]n3)c2)nc(NS(=O)(=O)c2ccc(C(C)(C)C)cc2)c1Oc1ccccc1OC. The molecule has 0 bridgehead atoms. The van der Waals surface area contributed by atoms with Crippen LogP contribution in [0.3, 0.4) is 0 Å². The molecule has 13 nitrogen and oxygen atoms in total. The standard InChI is InChI=1S/C31H30N8O5S/c1-6-7-18-43-30-26(44-25-11-9-8-10-24(25)42-5)29(37-45(40,41)22-14-12-21(13-15-22)31(2,3)4)33-27(34-30)20-16-17-32-23(19-20)28-35-38-39-36-28/h8-17,19H,18H2,1-5H3,(H,33,34,37)(H,35,36,38,39). The minimum absolute atomic E-state index is 0.0292. The zero-order valence-electron chi connectivity index (χ0n) is 25.2. The summed E-state index contributed by atoms with van der Waals surface area (Å²) in [5, 5.41) is 13.9. The van der Waals surface area contributed by atoms with Gasteiger partial charge in [-0.15, -0.1) is 16.1 Å². The molecule has 0 spiro atoms. The number of hydrogen-bond acceptors (Lipinski definition) is 11. The number of nitrogens with zero attached hydrogens (tertiary/aromatic N) is 6. The van der Waals surface area contributed by atoms with Crippen molar-refractivity contribution in [2.45, 2.75) is 38.0 Å². The Hall–Kier alpha value is -5.55. The van der Waals surface area contributed by atoms with Crippen molar-refractivity contribution in [3.05, 3.63) is 72.4 Å². The summed E-state index contributed by atoms with van der Waals surface area (Å²) in [5.74, 6) is 6.28. The molecule has 5 rings (SSSR count). The first-order valence-corrected chi connectivity index (χ1v) is 15.2. The predicted octanol–water partition coefficient (Wildman–Crippen LogP) is 5.02. The maximum atomic E-state index is 13.8. The van der Waals surface area contributed by atoms with Crippen LogP contribution in [0.2, 0.25) is 0 Å². The Kier molecular flexibility index (Phi) is 8.91. The van der Waals surface area contributed by atoms with Gasteiger partial charge in [0.25, 0.3) is 15.9 Å². The smallest absolute Gasteiger partial charge is 0.264 e. The summed E-state index contributed by atoms with van der Waals surface area (Å²) in [6, 6.07) is 16.8. The Bertz CT molecular complexity index is 1960. The first kappa shape index (κ1) is 30.9. The summed E-state index contributed by atoms with van der Waals surface area (Å²) in [7, 11) is -2.68. The van der Waals surface area contributed by atoms with E-state index in [-0.39, 0.29) is 51.8 Å². The van der Waals surface area contributed by atoms with Gasteiger partial charge >= 0.3 is 0 Å². The van der Waals surface area contributed by atoms with Crippen LogP contribution in [-0.2, 0) is 15.4 Å². The molecule has 0 atom stereocenters. The highest BCUT2D eigenvalue weighted by Crippen LogP contribution is 2.42. The largest absolute Gasteiger partial charge is 0.493 e. The minimum Gasteiger partial charge on any atom is -0.493 e. The summed E-state index contributed by atoms with van der Waals surface area (Å²) in [6.45, 7) is 7.76. The highest BCUT2D eigenvalue weighted by Gasteiger charge is 2.26. The van der Waals surface area contributed by atoms with Crippen molar-refractivity contribution < 1.29 is 22.6 Å². The lowest BCUT2D eigenvalue weighted by molar-refractivity contribution is 0.324. The first-order chi connectivity index (χ1) is 21.6. The van der Waals surface area contributed by atoms with Gasteiger partial charge in [-0.25, -0.2) is 13.4 Å². The van der Waals surface area contributed by atoms with Crippen molar-refractivity contribution in [1.82, 2.24) is 35.6 Å². The number of sulfonamides is 1. The van der Waals surface area contributed by atoms with E-state index in [4.69, 9.17) is 14.2 Å². The average Bonchev–Trinajstić information content (AvgIpc) is 3.58. The number of aromatic nitrogens is 7. The molecule has 0 aliphatic heterocycles. The van der Waals surface area contributed by atoms with E-state index in [1.807, 2.05) is 20.8 Å². The molecule has 0 saturated carbocycles. The summed E-state index contributed by atoms with van der Waals surface area (Å²) in [5.41, 5.74) is 1.68. The number of anilines is 1. The fraction of sp³-hybridized carbons (Fsp3) is 0.226. The number of tetrazole rings is 1. The molecule has 230 valence electrons. The molecular weight excluding hydrogens is 596 g/mol. The minimum atomic E-state index is -4.17. The molecule has 0 aliphatic rings. The van der Waals surface area contributed by atoms with Crippen LogP contribution in [-0.4, -0.2) is 57.7 Å². The van der Waals surface area contributed by atoms with Crippen molar-refractivity contribution in [1.29, 1.82) is 0 Å².